The van der Waals surface area contributed by atoms with E-state index >= 15 is 0 Å². The molecule has 11 rings (SSSR count). The molecular formula is C50H30O. The van der Waals surface area contributed by atoms with Crippen molar-refractivity contribution in [2.24, 2.45) is 0 Å². The van der Waals surface area contributed by atoms with Gasteiger partial charge in [0.05, 0.1) is 0 Å². The lowest BCUT2D eigenvalue weighted by Gasteiger charge is -2.20. The van der Waals surface area contributed by atoms with E-state index in [0.29, 0.717) is 0 Å². The molecule has 0 N–H and O–H groups in total. The summed E-state index contributed by atoms with van der Waals surface area (Å²) in [6.07, 6.45) is 0. The summed E-state index contributed by atoms with van der Waals surface area (Å²) in [4.78, 5) is 0. The van der Waals surface area contributed by atoms with E-state index in [0.717, 1.165) is 27.3 Å². The van der Waals surface area contributed by atoms with Crippen LogP contribution in [0.25, 0.3) is 109 Å². The van der Waals surface area contributed by atoms with Gasteiger partial charge >= 0.3 is 0 Å². The number of furan rings is 1. The first kappa shape index (κ1) is 28.2. The molecule has 11 aromatic rings. The van der Waals surface area contributed by atoms with Crippen LogP contribution in [0.5, 0.6) is 0 Å². The average Bonchev–Trinajstić information content (AvgIpc) is 3.60. The Hall–Kier alpha value is -6.70. The highest BCUT2D eigenvalue weighted by atomic mass is 16.3. The van der Waals surface area contributed by atoms with Crippen molar-refractivity contribution in [2.75, 3.05) is 0 Å². The zero-order valence-corrected chi connectivity index (χ0v) is 27.7. The normalized spacial score (nSPS) is 11.9. The Bertz CT molecular complexity index is 3130. The average molecular weight is 647 g/mol. The minimum absolute atomic E-state index is 0.909. The monoisotopic (exact) mass is 646 g/mol. The molecule has 10 aromatic carbocycles. The summed E-state index contributed by atoms with van der Waals surface area (Å²) in [7, 11) is 0. The van der Waals surface area contributed by atoms with Crippen LogP contribution >= 0.6 is 0 Å². The van der Waals surface area contributed by atoms with Crippen molar-refractivity contribution in [1.82, 2.24) is 0 Å². The van der Waals surface area contributed by atoms with Crippen molar-refractivity contribution >= 4 is 75.8 Å². The largest absolute Gasteiger partial charge is 0.455 e. The van der Waals surface area contributed by atoms with Crippen molar-refractivity contribution in [2.45, 2.75) is 0 Å². The van der Waals surface area contributed by atoms with Crippen LogP contribution in [0.1, 0.15) is 0 Å². The van der Waals surface area contributed by atoms with Gasteiger partial charge in [0.25, 0.3) is 0 Å². The lowest BCUT2D eigenvalue weighted by Crippen LogP contribution is -1.92. The van der Waals surface area contributed by atoms with Crippen molar-refractivity contribution in [3.63, 3.8) is 0 Å². The van der Waals surface area contributed by atoms with Crippen LogP contribution in [-0.2, 0) is 0 Å². The van der Waals surface area contributed by atoms with Crippen molar-refractivity contribution in [3.8, 4) is 33.4 Å². The molecule has 0 bridgehead atoms. The van der Waals surface area contributed by atoms with Crippen molar-refractivity contribution in [3.05, 3.63) is 182 Å². The van der Waals surface area contributed by atoms with Crippen LogP contribution in [-0.4, -0.2) is 0 Å². The summed E-state index contributed by atoms with van der Waals surface area (Å²) in [5.74, 6) is 0. The minimum atomic E-state index is 0.909. The van der Waals surface area contributed by atoms with Gasteiger partial charge in [-0.25, -0.2) is 0 Å². The maximum atomic E-state index is 6.67. The summed E-state index contributed by atoms with van der Waals surface area (Å²) >= 11 is 0. The van der Waals surface area contributed by atoms with Gasteiger partial charge in [0.1, 0.15) is 11.2 Å². The highest BCUT2D eigenvalue weighted by molar-refractivity contribution is 6.29. The number of rotatable bonds is 3. The number of fused-ring (bicyclic) bond motifs is 10. The number of benzene rings is 10. The molecule has 0 saturated heterocycles. The second-order valence-electron chi connectivity index (χ2n) is 13.5. The fourth-order valence-corrected chi connectivity index (χ4v) is 8.69. The maximum absolute atomic E-state index is 6.67. The van der Waals surface area contributed by atoms with Gasteiger partial charge < -0.3 is 4.42 Å². The van der Waals surface area contributed by atoms with Gasteiger partial charge in [-0.1, -0.05) is 170 Å². The fourth-order valence-electron chi connectivity index (χ4n) is 8.69. The standard InChI is InChI=1S/C50H30O/c1-2-13-31(14-3-1)34-22-10-16-33-28-29-36-37(46(33)34)23-11-24-38(36)47-39-18-6-8-20-41(39)48(42-21-9-7-19-40(42)47)43-25-12-26-45-49(43)44-30-27-32-15-4-5-17-35(32)50(44)51-45/h1-30H. The summed E-state index contributed by atoms with van der Waals surface area (Å²) < 4.78 is 6.67. The molecule has 1 heteroatoms. The van der Waals surface area contributed by atoms with Crippen LogP contribution in [0.15, 0.2) is 186 Å². The summed E-state index contributed by atoms with van der Waals surface area (Å²) in [5.41, 5.74) is 9.28. The van der Waals surface area contributed by atoms with Crippen LogP contribution < -0.4 is 0 Å². The Balaban J connectivity index is 1.25. The fraction of sp³-hybridized carbons (Fsp3) is 0. The first-order valence-corrected chi connectivity index (χ1v) is 17.6. The molecule has 0 spiro atoms. The van der Waals surface area contributed by atoms with Gasteiger partial charge in [0.15, 0.2) is 0 Å². The molecule has 0 fully saturated rings. The quantitative estimate of drug-likeness (QED) is 0.138. The van der Waals surface area contributed by atoms with E-state index < -0.39 is 0 Å². The van der Waals surface area contributed by atoms with E-state index in [-0.39, 0.29) is 0 Å². The molecule has 1 nitrogen and oxygen atoms in total. The first-order chi connectivity index (χ1) is 25.3. The summed E-state index contributed by atoms with van der Waals surface area (Å²) in [6, 6.07) is 66.2. The molecule has 51 heavy (non-hydrogen) atoms. The Labute approximate surface area is 294 Å². The predicted octanol–water partition coefficient (Wildman–Crippen LogP) is 14.4. The second-order valence-corrected chi connectivity index (χ2v) is 13.5. The molecule has 0 aliphatic heterocycles. The molecule has 0 unspecified atom stereocenters. The van der Waals surface area contributed by atoms with E-state index in [1.54, 1.807) is 0 Å². The maximum Gasteiger partial charge on any atom is 0.143 e. The topological polar surface area (TPSA) is 13.1 Å². The summed E-state index contributed by atoms with van der Waals surface area (Å²) in [5, 5.41) is 14.6. The first-order valence-electron chi connectivity index (χ1n) is 17.6. The molecule has 0 radical (unpaired) electrons. The third-order valence-corrected chi connectivity index (χ3v) is 10.8. The lowest BCUT2D eigenvalue weighted by atomic mass is 9.83. The lowest BCUT2D eigenvalue weighted by molar-refractivity contribution is 0.673. The SMILES string of the molecule is c1ccc(-c2cccc3ccc4c(-c5c6ccccc6c(-c6cccc7oc8c9ccccc9ccc8c67)c6ccccc56)cccc4c23)cc1. The van der Waals surface area contributed by atoms with Gasteiger partial charge in [-0.2, -0.15) is 0 Å². The van der Waals surface area contributed by atoms with E-state index in [2.05, 4.69) is 182 Å². The molecule has 0 aliphatic rings. The van der Waals surface area contributed by atoms with Crippen LogP contribution in [0.3, 0.4) is 0 Å². The number of hydrogen-bond acceptors (Lipinski definition) is 1. The molecule has 236 valence electrons. The second kappa shape index (κ2) is 10.9. The van der Waals surface area contributed by atoms with E-state index in [1.807, 2.05) is 0 Å². The number of hydrogen-bond donors (Lipinski definition) is 0. The van der Waals surface area contributed by atoms with E-state index in [1.165, 1.54) is 81.9 Å². The zero-order valence-electron chi connectivity index (χ0n) is 27.7. The van der Waals surface area contributed by atoms with Gasteiger partial charge in [-0.15, -0.1) is 0 Å². The Kier molecular flexibility index (Phi) is 6.02. The third kappa shape index (κ3) is 4.09. The van der Waals surface area contributed by atoms with E-state index in [4.69, 9.17) is 4.42 Å². The molecular weight excluding hydrogens is 617 g/mol. The van der Waals surface area contributed by atoms with Crippen LogP contribution in [0.4, 0.5) is 0 Å². The molecule has 0 aliphatic carbocycles. The molecule has 1 heterocycles. The van der Waals surface area contributed by atoms with Crippen molar-refractivity contribution < 1.29 is 4.42 Å². The Morgan fingerprint density at radius 1 is 0.275 bits per heavy atom. The van der Waals surface area contributed by atoms with Crippen LogP contribution in [0.2, 0.25) is 0 Å². The molecule has 0 atom stereocenters. The van der Waals surface area contributed by atoms with Crippen molar-refractivity contribution in [1.29, 1.82) is 0 Å². The predicted molar refractivity (Wildman–Crippen MR) is 218 cm³/mol. The zero-order chi connectivity index (χ0) is 33.5. The van der Waals surface area contributed by atoms with Gasteiger partial charge in [-0.05, 0) is 94.0 Å². The molecule has 1 aromatic heterocycles. The third-order valence-electron chi connectivity index (χ3n) is 10.8. The molecule has 0 saturated carbocycles. The van der Waals surface area contributed by atoms with E-state index in [9.17, 15) is 0 Å². The van der Waals surface area contributed by atoms with Gasteiger partial charge in [0.2, 0.25) is 0 Å². The van der Waals surface area contributed by atoms with Gasteiger partial charge in [0, 0.05) is 16.2 Å². The minimum Gasteiger partial charge on any atom is -0.455 e. The smallest absolute Gasteiger partial charge is 0.143 e. The summed E-state index contributed by atoms with van der Waals surface area (Å²) in [6.45, 7) is 0. The molecule has 0 amide bonds. The highest BCUT2D eigenvalue weighted by Crippen LogP contribution is 2.49. The Morgan fingerprint density at radius 2 is 0.804 bits per heavy atom. The Morgan fingerprint density at radius 3 is 1.57 bits per heavy atom. The highest BCUT2D eigenvalue weighted by Gasteiger charge is 2.22. The van der Waals surface area contributed by atoms with Crippen LogP contribution in [0, 0.1) is 0 Å². The van der Waals surface area contributed by atoms with Gasteiger partial charge in [-0.3, -0.25) is 0 Å².